The van der Waals surface area contributed by atoms with Crippen LogP contribution in [0.25, 0.3) is 11.6 Å². The number of allylic oxidation sites excluding steroid dienone is 1. The number of nitrogens with zero attached hydrogens (tertiary/aromatic N) is 2. The molecule has 0 radical (unpaired) electrons. The van der Waals surface area contributed by atoms with Gasteiger partial charge in [-0.2, -0.15) is 0 Å². The van der Waals surface area contributed by atoms with E-state index in [0.717, 1.165) is 22.8 Å². The summed E-state index contributed by atoms with van der Waals surface area (Å²) < 4.78 is 43.6. The first-order chi connectivity index (χ1) is 15.5. The number of H-pyrrole nitrogens is 1. The Bertz CT molecular complexity index is 1410. The fourth-order valence-electron chi connectivity index (χ4n) is 3.39. The van der Waals surface area contributed by atoms with Gasteiger partial charge in [0.2, 0.25) is 5.88 Å². The molecule has 0 saturated heterocycles. The van der Waals surface area contributed by atoms with Crippen molar-refractivity contribution in [1.29, 1.82) is 0 Å². The lowest BCUT2D eigenvalue weighted by molar-refractivity contribution is 0.174. The van der Waals surface area contributed by atoms with Crippen molar-refractivity contribution in [2.75, 3.05) is 6.61 Å². The predicted octanol–water partition coefficient (Wildman–Crippen LogP) is 3.77. The maximum atomic E-state index is 13.8. The summed E-state index contributed by atoms with van der Waals surface area (Å²) >= 11 is 5.95. The molecule has 2 aromatic carbocycles. The summed E-state index contributed by atoms with van der Waals surface area (Å²) in [7, 11) is -4.99. The van der Waals surface area contributed by atoms with Crippen LogP contribution in [0.3, 0.4) is 0 Å². The maximum absolute atomic E-state index is 13.8. The van der Waals surface area contributed by atoms with Gasteiger partial charge in [-0.1, -0.05) is 23.7 Å². The van der Waals surface area contributed by atoms with Gasteiger partial charge in [0.05, 0.1) is 18.3 Å². The van der Waals surface area contributed by atoms with E-state index in [0.29, 0.717) is 21.8 Å². The molecule has 1 aromatic heterocycles. The first-order valence-electron chi connectivity index (χ1n) is 9.27. The van der Waals surface area contributed by atoms with E-state index in [-0.39, 0.29) is 11.3 Å². The van der Waals surface area contributed by atoms with Crippen LogP contribution >= 0.6 is 19.4 Å². The largest absolute Gasteiger partial charge is 0.493 e. The van der Waals surface area contributed by atoms with E-state index in [1.54, 1.807) is 18.2 Å². The molecule has 0 amide bonds. The van der Waals surface area contributed by atoms with Crippen molar-refractivity contribution in [1.82, 2.24) is 9.55 Å². The van der Waals surface area contributed by atoms with Crippen molar-refractivity contribution in [3.63, 3.8) is 0 Å². The molecule has 13 heteroatoms. The summed E-state index contributed by atoms with van der Waals surface area (Å²) in [5, 5.41) is 11.2. The second kappa shape index (κ2) is 8.69. The highest BCUT2D eigenvalue weighted by atomic mass is 35.5. The number of aliphatic imine (C=N–C) groups is 1. The first kappa shape index (κ1) is 23.1. The van der Waals surface area contributed by atoms with Crippen LogP contribution in [0.4, 0.5) is 14.5 Å². The van der Waals surface area contributed by atoms with E-state index in [1.807, 2.05) is 0 Å². The van der Waals surface area contributed by atoms with E-state index >= 15 is 0 Å². The molecule has 4 rings (SSSR count). The first-order valence-corrected chi connectivity index (χ1v) is 11.2. The number of aromatic amines is 1. The van der Waals surface area contributed by atoms with Crippen molar-refractivity contribution in [3.05, 3.63) is 80.4 Å². The molecule has 0 unspecified atom stereocenters. The van der Waals surface area contributed by atoms with Crippen molar-refractivity contribution in [2.24, 2.45) is 4.99 Å². The molecule has 1 aliphatic rings. The monoisotopic (exact) mass is 497 g/mol. The number of nitrogens with one attached hydrogen (secondary N) is 1. The zero-order valence-corrected chi connectivity index (χ0v) is 18.1. The third kappa shape index (κ3) is 4.82. The SMILES string of the molecule is O=c1[nH]c(/C=C2\C=Nc3cc(Cl)ccc32)c(O)n1[C@H](COP(=O)(O)O)c1ccc(F)c(F)c1. The highest BCUT2D eigenvalue weighted by molar-refractivity contribution is 7.46. The van der Waals surface area contributed by atoms with Crippen molar-refractivity contribution < 1.29 is 32.8 Å². The minimum atomic E-state index is -4.99. The molecule has 0 fully saturated rings. The van der Waals surface area contributed by atoms with Crippen LogP contribution in [0.5, 0.6) is 5.88 Å². The summed E-state index contributed by atoms with van der Waals surface area (Å²) in [5.41, 5.74) is 0.823. The maximum Gasteiger partial charge on any atom is 0.469 e. The molecule has 4 N–H and O–H groups in total. The Balaban J connectivity index is 1.78. The van der Waals surface area contributed by atoms with Gasteiger partial charge in [0.15, 0.2) is 11.6 Å². The van der Waals surface area contributed by atoms with Crippen LogP contribution in [-0.4, -0.2) is 37.3 Å². The van der Waals surface area contributed by atoms with Crippen LogP contribution in [0.15, 0.2) is 46.2 Å². The molecule has 33 heavy (non-hydrogen) atoms. The van der Waals surface area contributed by atoms with Crippen LogP contribution in [0.2, 0.25) is 5.02 Å². The van der Waals surface area contributed by atoms with Crippen molar-refractivity contribution in [2.45, 2.75) is 6.04 Å². The Morgan fingerprint density at radius 2 is 1.97 bits per heavy atom. The molecule has 172 valence electrons. The van der Waals surface area contributed by atoms with Gasteiger partial charge in [0, 0.05) is 22.4 Å². The summed E-state index contributed by atoms with van der Waals surface area (Å²) in [6.45, 7) is -0.820. The fraction of sp³-hybridized carbons (Fsp3) is 0.100. The molecule has 2 heterocycles. The van der Waals surface area contributed by atoms with E-state index < -0.39 is 43.7 Å². The van der Waals surface area contributed by atoms with Gasteiger partial charge in [-0.3, -0.25) is 14.1 Å². The number of hydrogen-bond donors (Lipinski definition) is 4. The molecule has 1 aliphatic heterocycles. The van der Waals surface area contributed by atoms with Gasteiger partial charge in [-0.15, -0.1) is 0 Å². The zero-order valence-electron chi connectivity index (χ0n) is 16.4. The van der Waals surface area contributed by atoms with Gasteiger partial charge >= 0.3 is 13.5 Å². The molecule has 0 saturated carbocycles. The molecular weight excluding hydrogens is 483 g/mol. The topological polar surface area (TPSA) is 137 Å². The standard InChI is InChI=1S/C20H15ClF2N3O6P/c21-12-2-3-13-11(8-24-16(13)7-12)6-17-19(27)26(20(28)25-17)18(9-32-33(29,30)31)10-1-4-14(22)15(23)5-10/h1-8,18,27H,9H2,(H,25,28)(H2,29,30,31)/b11-6+/t18-/m1/s1. The molecule has 0 spiro atoms. The lowest BCUT2D eigenvalue weighted by Gasteiger charge is -2.19. The van der Waals surface area contributed by atoms with Crippen LogP contribution in [0.1, 0.15) is 22.9 Å². The number of benzene rings is 2. The number of phosphoric ester groups is 1. The van der Waals surface area contributed by atoms with Gasteiger partial charge in [-0.25, -0.2) is 18.1 Å². The average Bonchev–Trinajstić information content (AvgIpc) is 3.25. The normalized spacial score (nSPS) is 15.2. The average molecular weight is 498 g/mol. The summed E-state index contributed by atoms with van der Waals surface area (Å²) in [5.74, 6) is -3.03. The Labute approximate surface area is 189 Å². The molecule has 0 aliphatic carbocycles. The Morgan fingerprint density at radius 3 is 2.67 bits per heavy atom. The Morgan fingerprint density at radius 1 is 1.21 bits per heavy atom. The number of aromatic hydroxyl groups is 1. The van der Waals surface area contributed by atoms with Crippen LogP contribution in [0, 0.1) is 11.6 Å². The molecular formula is C20H15ClF2N3O6P. The smallest absolute Gasteiger partial charge is 0.469 e. The van der Waals surface area contributed by atoms with Gasteiger partial charge < -0.3 is 19.9 Å². The second-order valence-corrected chi connectivity index (χ2v) is 8.71. The van der Waals surface area contributed by atoms with E-state index in [4.69, 9.17) is 21.4 Å². The number of halogens is 3. The highest BCUT2D eigenvalue weighted by Gasteiger charge is 2.27. The second-order valence-electron chi connectivity index (χ2n) is 7.03. The number of fused-ring (bicyclic) bond motifs is 1. The third-order valence-electron chi connectivity index (χ3n) is 4.88. The molecule has 0 bridgehead atoms. The summed E-state index contributed by atoms with van der Waals surface area (Å²) in [6.07, 6.45) is 2.93. The van der Waals surface area contributed by atoms with Crippen molar-refractivity contribution in [3.8, 4) is 5.88 Å². The number of phosphoric acid groups is 1. The predicted molar refractivity (Wildman–Crippen MR) is 117 cm³/mol. The van der Waals surface area contributed by atoms with E-state index in [1.165, 1.54) is 12.3 Å². The van der Waals surface area contributed by atoms with Crippen LogP contribution < -0.4 is 5.69 Å². The van der Waals surface area contributed by atoms with Gasteiger partial charge in [0.25, 0.3) is 0 Å². The molecule has 3 aromatic rings. The quantitative estimate of drug-likeness (QED) is 0.383. The lowest BCUT2D eigenvalue weighted by Crippen LogP contribution is -2.26. The Hall–Kier alpha value is -3.08. The molecule has 9 nitrogen and oxygen atoms in total. The number of aromatic nitrogens is 2. The van der Waals surface area contributed by atoms with Crippen LogP contribution in [-0.2, 0) is 9.09 Å². The number of rotatable bonds is 6. The molecule has 1 atom stereocenters. The van der Waals surface area contributed by atoms with E-state index in [2.05, 4.69) is 14.5 Å². The third-order valence-corrected chi connectivity index (χ3v) is 5.60. The van der Waals surface area contributed by atoms with E-state index in [9.17, 15) is 23.2 Å². The fourth-order valence-corrected chi connectivity index (χ4v) is 3.89. The summed E-state index contributed by atoms with van der Waals surface area (Å²) in [6, 6.07) is 6.23. The van der Waals surface area contributed by atoms with Crippen molar-refractivity contribution >= 4 is 43.0 Å². The Kier molecular flexibility index (Phi) is 6.08. The van der Waals surface area contributed by atoms with Gasteiger partial charge in [0.1, 0.15) is 5.69 Å². The number of imidazole rings is 1. The minimum Gasteiger partial charge on any atom is -0.493 e. The lowest BCUT2D eigenvalue weighted by atomic mass is 10.1. The number of hydrogen-bond acceptors (Lipinski definition) is 5. The highest BCUT2D eigenvalue weighted by Crippen LogP contribution is 2.39. The van der Waals surface area contributed by atoms with Gasteiger partial charge in [-0.05, 0) is 35.9 Å². The minimum absolute atomic E-state index is 0.0481. The summed E-state index contributed by atoms with van der Waals surface area (Å²) in [4.78, 5) is 37.4. The zero-order chi connectivity index (χ0) is 23.9.